The molecular weight excluding hydrogens is 422 g/mol. The second kappa shape index (κ2) is 10.6. The van der Waals surface area contributed by atoms with E-state index in [2.05, 4.69) is 15.6 Å². The van der Waals surface area contributed by atoms with E-state index >= 15 is 0 Å². The van der Waals surface area contributed by atoms with E-state index in [0.29, 0.717) is 39.1 Å². The predicted octanol–water partition coefficient (Wildman–Crippen LogP) is 1.90. The second-order valence-electron chi connectivity index (χ2n) is 8.57. The zero-order valence-electron chi connectivity index (χ0n) is 19.8. The van der Waals surface area contributed by atoms with E-state index in [1.807, 2.05) is 38.1 Å². The lowest BCUT2D eigenvalue weighted by Gasteiger charge is -2.43. The summed E-state index contributed by atoms with van der Waals surface area (Å²) in [5, 5.41) is 5.76. The van der Waals surface area contributed by atoms with Crippen molar-refractivity contribution < 1.29 is 19.1 Å². The summed E-state index contributed by atoms with van der Waals surface area (Å²) in [5.41, 5.74) is 1.34. The van der Waals surface area contributed by atoms with Gasteiger partial charge < -0.3 is 24.8 Å². The molecule has 0 saturated heterocycles. The van der Waals surface area contributed by atoms with Crippen LogP contribution in [-0.2, 0) is 22.6 Å². The number of aromatic nitrogens is 2. The van der Waals surface area contributed by atoms with Gasteiger partial charge in [-0.05, 0) is 32.3 Å². The summed E-state index contributed by atoms with van der Waals surface area (Å²) >= 11 is 0. The van der Waals surface area contributed by atoms with Gasteiger partial charge in [0, 0.05) is 33.4 Å². The number of imidazole rings is 1. The first-order valence-electron chi connectivity index (χ1n) is 11.3. The number of aryl methyl sites for hydroxylation is 1. The quantitative estimate of drug-likeness (QED) is 0.533. The summed E-state index contributed by atoms with van der Waals surface area (Å²) in [6.45, 7) is 7.66. The number of nitrogens with zero attached hydrogens (tertiary/aromatic N) is 3. The number of rotatable bonds is 10. The van der Waals surface area contributed by atoms with Crippen LogP contribution in [0.25, 0.3) is 0 Å². The molecular formula is C24H33N5O4. The van der Waals surface area contributed by atoms with Gasteiger partial charge in [0.15, 0.2) is 5.69 Å². The largest absolute Gasteiger partial charge is 0.385 e. The Bertz CT molecular complexity index is 1000. The number of amides is 3. The summed E-state index contributed by atoms with van der Waals surface area (Å²) in [4.78, 5) is 45.2. The van der Waals surface area contributed by atoms with Gasteiger partial charge >= 0.3 is 0 Å². The van der Waals surface area contributed by atoms with Crippen LogP contribution in [0.2, 0.25) is 0 Å². The van der Waals surface area contributed by atoms with Gasteiger partial charge in [-0.2, -0.15) is 0 Å². The normalized spacial score (nSPS) is 17.6. The van der Waals surface area contributed by atoms with E-state index in [1.165, 1.54) is 6.33 Å². The molecule has 0 spiro atoms. The summed E-state index contributed by atoms with van der Waals surface area (Å²) in [6, 6.07) is 7.94. The molecule has 3 amide bonds. The highest BCUT2D eigenvalue weighted by Crippen LogP contribution is 2.29. The number of methoxy groups -OCH3 is 1. The number of carbonyl (C=O) groups is 3. The summed E-state index contributed by atoms with van der Waals surface area (Å²) in [7, 11) is 1.60. The van der Waals surface area contributed by atoms with Gasteiger partial charge in [0.05, 0.1) is 12.9 Å². The molecule has 1 unspecified atom stereocenters. The zero-order chi connectivity index (χ0) is 24.0. The first-order chi connectivity index (χ1) is 15.8. The van der Waals surface area contributed by atoms with Gasteiger partial charge in [-0.25, -0.2) is 4.98 Å². The first-order valence-corrected chi connectivity index (χ1v) is 11.3. The fraction of sp³-hybridized carbons (Fsp3) is 0.500. The van der Waals surface area contributed by atoms with Crippen LogP contribution in [0.3, 0.4) is 0 Å². The Kier molecular flexibility index (Phi) is 7.86. The fourth-order valence-corrected chi connectivity index (χ4v) is 4.01. The van der Waals surface area contributed by atoms with Crippen molar-refractivity contribution in [3.8, 4) is 0 Å². The number of fused-ring (bicyclic) bond motifs is 1. The number of hydrogen-bond acceptors (Lipinski definition) is 5. The second-order valence-corrected chi connectivity index (χ2v) is 8.57. The Morgan fingerprint density at radius 1 is 1.21 bits per heavy atom. The van der Waals surface area contributed by atoms with E-state index in [4.69, 9.17) is 4.74 Å². The Morgan fingerprint density at radius 3 is 2.61 bits per heavy atom. The lowest BCUT2D eigenvalue weighted by Crippen LogP contribution is -2.64. The van der Waals surface area contributed by atoms with E-state index < -0.39 is 11.4 Å². The highest BCUT2D eigenvalue weighted by Gasteiger charge is 2.48. The third kappa shape index (κ3) is 5.24. The Morgan fingerprint density at radius 2 is 1.94 bits per heavy atom. The Balaban J connectivity index is 1.80. The van der Waals surface area contributed by atoms with Crippen molar-refractivity contribution in [2.45, 2.75) is 52.2 Å². The van der Waals surface area contributed by atoms with Crippen LogP contribution in [-0.4, -0.2) is 64.5 Å². The molecule has 2 heterocycles. The van der Waals surface area contributed by atoms with Gasteiger partial charge in [0.2, 0.25) is 5.91 Å². The van der Waals surface area contributed by atoms with Crippen molar-refractivity contribution in [3.63, 3.8) is 0 Å². The minimum absolute atomic E-state index is 0.0839. The molecule has 178 valence electrons. The standard InChI is InChI=1S/C24H33N5O4/c1-5-12-29-22(31)20-19(21(30)25-11-6-13-33-4)27-16-28(20)15-24(29,3)23(32)26-14-18-9-7-17(2)8-10-18/h7-10,16H,5-6,11-15H2,1-4H3,(H,25,30)(H,26,32). The lowest BCUT2D eigenvalue weighted by atomic mass is 9.93. The van der Waals surface area contributed by atoms with Crippen molar-refractivity contribution in [2.75, 3.05) is 26.8 Å². The third-order valence-corrected chi connectivity index (χ3v) is 5.90. The molecule has 3 rings (SSSR count). The molecule has 1 atom stereocenters. The van der Waals surface area contributed by atoms with E-state index in [9.17, 15) is 14.4 Å². The summed E-state index contributed by atoms with van der Waals surface area (Å²) in [5.74, 6) is -1.01. The summed E-state index contributed by atoms with van der Waals surface area (Å²) in [6.07, 6.45) is 2.80. The average Bonchev–Trinajstić information content (AvgIpc) is 3.22. The molecule has 9 heteroatoms. The van der Waals surface area contributed by atoms with Crippen LogP contribution in [0.5, 0.6) is 0 Å². The van der Waals surface area contributed by atoms with Crippen LogP contribution in [0.15, 0.2) is 30.6 Å². The van der Waals surface area contributed by atoms with E-state index in [-0.39, 0.29) is 29.7 Å². The number of carbonyl (C=O) groups excluding carboxylic acids is 3. The smallest absolute Gasteiger partial charge is 0.273 e. The highest BCUT2D eigenvalue weighted by molar-refractivity contribution is 6.07. The average molecular weight is 456 g/mol. The molecule has 2 aromatic rings. The van der Waals surface area contributed by atoms with E-state index in [0.717, 1.165) is 11.1 Å². The molecule has 1 aromatic heterocycles. The number of ether oxygens (including phenoxy) is 1. The SMILES string of the molecule is CCCN1C(=O)c2c(C(=O)NCCCOC)ncn2CC1(C)C(=O)NCc1ccc(C)cc1. The minimum Gasteiger partial charge on any atom is -0.385 e. The zero-order valence-corrected chi connectivity index (χ0v) is 19.8. The maximum atomic E-state index is 13.5. The monoisotopic (exact) mass is 455 g/mol. The Labute approximate surface area is 194 Å². The van der Waals surface area contributed by atoms with Crippen LogP contribution >= 0.6 is 0 Å². The maximum Gasteiger partial charge on any atom is 0.273 e. The number of hydrogen-bond donors (Lipinski definition) is 2. The molecule has 0 bridgehead atoms. The molecule has 1 aliphatic heterocycles. The van der Waals surface area contributed by atoms with Crippen LogP contribution < -0.4 is 10.6 Å². The molecule has 9 nitrogen and oxygen atoms in total. The molecule has 0 saturated carbocycles. The molecule has 1 aromatic carbocycles. The molecule has 33 heavy (non-hydrogen) atoms. The van der Waals surface area contributed by atoms with Gasteiger partial charge in [0.1, 0.15) is 11.2 Å². The van der Waals surface area contributed by atoms with Crippen LogP contribution in [0.1, 0.15) is 58.8 Å². The molecule has 0 fully saturated rings. The number of benzene rings is 1. The molecule has 2 N–H and O–H groups in total. The third-order valence-electron chi connectivity index (χ3n) is 5.90. The molecule has 1 aliphatic rings. The Hall–Kier alpha value is -3.20. The van der Waals surface area contributed by atoms with Crippen molar-refractivity contribution in [3.05, 3.63) is 53.1 Å². The van der Waals surface area contributed by atoms with Gasteiger partial charge in [-0.1, -0.05) is 36.8 Å². The maximum absolute atomic E-state index is 13.5. The number of nitrogens with one attached hydrogen (secondary N) is 2. The van der Waals surface area contributed by atoms with Gasteiger partial charge in [-0.3, -0.25) is 14.4 Å². The van der Waals surface area contributed by atoms with Gasteiger partial charge in [-0.15, -0.1) is 0 Å². The van der Waals surface area contributed by atoms with Crippen molar-refractivity contribution >= 4 is 17.7 Å². The first kappa shape index (κ1) is 24.4. The predicted molar refractivity (Wildman–Crippen MR) is 124 cm³/mol. The lowest BCUT2D eigenvalue weighted by molar-refractivity contribution is -0.133. The summed E-state index contributed by atoms with van der Waals surface area (Å²) < 4.78 is 6.61. The van der Waals surface area contributed by atoms with Gasteiger partial charge in [0.25, 0.3) is 11.8 Å². The van der Waals surface area contributed by atoms with Crippen LogP contribution in [0.4, 0.5) is 0 Å². The fourth-order valence-electron chi connectivity index (χ4n) is 4.01. The highest BCUT2D eigenvalue weighted by atomic mass is 16.5. The molecule has 0 radical (unpaired) electrons. The van der Waals surface area contributed by atoms with Crippen molar-refractivity contribution in [1.82, 2.24) is 25.1 Å². The molecule has 0 aliphatic carbocycles. The van der Waals surface area contributed by atoms with Crippen molar-refractivity contribution in [2.24, 2.45) is 0 Å². The van der Waals surface area contributed by atoms with Crippen molar-refractivity contribution in [1.29, 1.82) is 0 Å². The van der Waals surface area contributed by atoms with Crippen LogP contribution in [0, 0.1) is 6.92 Å². The minimum atomic E-state index is -1.10. The topological polar surface area (TPSA) is 106 Å². The van der Waals surface area contributed by atoms with E-state index in [1.54, 1.807) is 23.5 Å².